The molecule has 0 heterocycles. The molecule has 1 aromatic rings. The van der Waals surface area contributed by atoms with Gasteiger partial charge in [-0.05, 0) is 26.3 Å². The van der Waals surface area contributed by atoms with Gasteiger partial charge < -0.3 is 9.84 Å². The van der Waals surface area contributed by atoms with Gasteiger partial charge in [0.25, 0.3) is 0 Å². The van der Waals surface area contributed by atoms with Gasteiger partial charge in [-0.2, -0.15) is 0 Å². The molecular weight excluding hydrogens is 176 g/mol. The Morgan fingerprint density at radius 2 is 1.93 bits per heavy atom. The molecular formula is C12H18O2. The molecule has 14 heavy (non-hydrogen) atoms. The van der Waals surface area contributed by atoms with Gasteiger partial charge in [0.15, 0.2) is 0 Å². The molecule has 0 aliphatic carbocycles. The monoisotopic (exact) mass is 194 g/mol. The van der Waals surface area contributed by atoms with Crippen molar-refractivity contribution in [3.05, 3.63) is 29.8 Å². The molecule has 0 saturated heterocycles. The zero-order chi connectivity index (χ0) is 10.6. The number of ether oxygens (including phenoxy) is 1. The molecule has 2 heteroatoms. The van der Waals surface area contributed by atoms with E-state index in [0.29, 0.717) is 0 Å². The fourth-order valence-electron chi connectivity index (χ4n) is 1.23. The zero-order valence-electron chi connectivity index (χ0n) is 9.03. The fraction of sp³-hybridized carbons (Fsp3) is 0.500. The topological polar surface area (TPSA) is 29.5 Å². The predicted octanol–water partition coefficient (Wildman–Crippen LogP) is 2.92. The Hall–Kier alpha value is -1.02. The maximum atomic E-state index is 9.51. The second-order valence-corrected chi connectivity index (χ2v) is 3.55. The molecule has 2 atom stereocenters. The summed E-state index contributed by atoms with van der Waals surface area (Å²) in [6.45, 7) is 5.85. The largest absolute Gasteiger partial charge is 0.490 e. The zero-order valence-corrected chi connectivity index (χ0v) is 9.03. The number of hydrogen-bond donors (Lipinski definition) is 1. The predicted molar refractivity (Wildman–Crippen MR) is 57.5 cm³/mol. The lowest BCUT2D eigenvalue weighted by Gasteiger charge is -2.17. The van der Waals surface area contributed by atoms with Gasteiger partial charge in [-0.15, -0.1) is 0 Å². The van der Waals surface area contributed by atoms with Crippen LogP contribution in [0.4, 0.5) is 0 Å². The van der Waals surface area contributed by atoms with Gasteiger partial charge in [-0.1, -0.05) is 25.1 Å². The van der Waals surface area contributed by atoms with E-state index in [2.05, 4.69) is 6.92 Å². The highest BCUT2D eigenvalue weighted by Gasteiger charge is 2.09. The molecule has 1 aromatic carbocycles. The van der Waals surface area contributed by atoms with Crippen molar-refractivity contribution in [1.29, 1.82) is 0 Å². The van der Waals surface area contributed by atoms with Crippen LogP contribution >= 0.6 is 0 Å². The molecule has 0 aliphatic heterocycles. The minimum absolute atomic E-state index is 0.190. The van der Waals surface area contributed by atoms with Crippen LogP contribution in [0.15, 0.2) is 24.3 Å². The standard InChI is InChI=1S/C12H18O2/c1-4-9(2)14-12-8-6-5-7-11(12)10(3)13/h5-10,13H,4H2,1-3H3/t9?,10-/m0/s1. The summed E-state index contributed by atoms with van der Waals surface area (Å²) in [7, 11) is 0. The van der Waals surface area contributed by atoms with E-state index in [4.69, 9.17) is 4.74 Å². The summed E-state index contributed by atoms with van der Waals surface area (Å²) in [5, 5.41) is 9.51. The lowest BCUT2D eigenvalue weighted by atomic mass is 10.1. The highest BCUT2D eigenvalue weighted by Crippen LogP contribution is 2.25. The number of hydrogen-bond acceptors (Lipinski definition) is 2. The molecule has 0 amide bonds. The Kier molecular flexibility index (Phi) is 3.96. The molecule has 2 nitrogen and oxygen atoms in total. The van der Waals surface area contributed by atoms with Gasteiger partial charge >= 0.3 is 0 Å². The van der Waals surface area contributed by atoms with Crippen LogP contribution < -0.4 is 4.74 Å². The van der Waals surface area contributed by atoms with Crippen LogP contribution in [0.2, 0.25) is 0 Å². The van der Waals surface area contributed by atoms with E-state index in [1.54, 1.807) is 6.92 Å². The first-order valence-corrected chi connectivity index (χ1v) is 5.08. The van der Waals surface area contributed by atoms with Gasteiger partial charge in [0.05, 0.1) is 12.2 Å². The van der Waals surface area contributed by atoms with E-state index < -0.39 is 6.10 Å². The molecule has 1 unspecified atom stereocenters. The van der Waals surface area contributed by atoms with Crippen LogP contribution in [0.5, 0.6) is 5.75 Å². The Labute approximate surface area is 85.5 Å². The molecule has 0 aliphatic rings. The van der Waals surface area contributed by atoms with Crippen LogP contribution in [0, 0.1) is 0 Å². The van der Waals surface area contributed by atoms with Crippen molar-refractivity contribution in [1.82, 2.24) is 0 Å². The molecule has 0 saturated carbocycles. The normalized spacial score (nSPS) is 14.9. The van der Waals surface area contributed by atoms with Crippen LogP contribution in [0.3, 0.4) is 0 Å². The SMILES string of the molecule is CCC(C)Oc1ccccc1[C@H](C)O. The van der Waals surface area contributed by atoms with Crippen LogP contribution in [0.1, 0.15) is 38.9 Å². The molecule has 0 fully saturated rings. The third-order valence-corrected chi connectivity index (χ3v) is 2.27. The summed E-state index contributed by atoms with van der Waals surface area (Å²) < 4.78 is 5.70. The van der Waals surface area contributed by atoms with Crippen molar-refractivity contribution < 1.29 is 9.84 Å². The lowest BCUT2D eigenvalue weighted by molar-refractivity contribution is 0.176. The molecule has 1 N–H and O–H groups in total. The average molecular weight is 194 g/mol. The molecule has 1 rings (SSSR count). The number of para-hydroxylation sites is 1. The first kappa shape index (κ1) is 11.1. The van der Waals surface area contributed by atoms with E-state index in [0.717, 1.165) is 17.7 Å². The number of aliphatic hydroxyl groups excluding tert-OH is 1. The van der Waals surface area contributed by atoms with Gasteiger partial charge in [-0.3, -0.25) is 0 Å². The fourth-order valence-corrected chi connectivity index (χ4v) is 1.23. The summed E-state index contributed by atoms with van der Waals surface area (Å²) in [5.41, 5.74) is 0.854. The maximum absolute atomic E-state index is 9.51. The quantitative estimate of drug-likeness (QED) is 0.798. The molecule has 78 valence electrons. The van der Waals surface area contributed by atoms with Gasteiger partial charge in [0, 0.05) is 5.56 Å². The Morgan fingerprint density at radius 3 is 2.50 bits per heavy atom. The Morgan fingerprint density at radius 1 is 1.29 bits per heavy atom. The molecule has 0 aromatic heterocycles. The lowest BCUT2D eigenvalue weighted by Crippen LogP contribution is -2.11. The van der Waals surface area contributed by atoms with Gasteiger partial charge in [-0.25, -0.2) is 0 Å². The minimum Gasteiger partial charge on any atom is -0.490 e. The second kappa shape index (κ2) is 5.01. The molecule has 0 radical (unpaired) electrons. The van der Waals surface area contributed by atoms with E-state index in [-0.39, 0.29) is 6.10 Å². The molecule has 0 bridgehead atoms. The van der Waals surface area contributed by atoms with Crippen molar-refractivity contribution in [2.45, 2.75) is 39.4 Å². The van der Waals surface area contributed by atoms with E-state index in [1.165, 1.54) is 0 Å². The summed E-state index contributed by atoms with van der Waals surface area (Å²) in [5.74, 6) is 0.789. The number of rotatable bonds is 4. The Bertz CT molecular complexity index is 281. The van der Waals surface area contributed by atoms with Crippen LogP contribution in [-0.2, 0) is 0 Å². The summed E-state index contributed by atoms with van der Waals surface area (Å²) in [6, 6.07) is 7.62. The summed E-state index contributed by atoms with van der Waals surface area (Å²) >= 11 is 0. The highest BCUT2D eigenvalue weighted by molar-refractivity contribution is 5.34. The number of benzene rings is 1. The average Bonchev–Trinajstić information content (AvgIpc) is 2.18. The van der Waals surface area contributed by atoms with Crippen molar-refractivity contribution >= 4 is 0 Å². The maximum Gasteiger partial charge on any atom is 0.125 e. The van der Waals surface area contributed by atoms with Crippen molar-refractivity contribution in [3.8, 4) is 5.75 Å². The van der Waals surface area contributed by atoms with Crippen molar-refractivity contribution in [2.24, 2.45) is 0 Å². The Balaban J connectivity index is 2.84. The summed E-state index contributed by atoms with van der Waals surface area (Å²) in [4.78, 5) is 0. The van der Waals surface area contributed by atoms with E-state index in [1.807, 2.05) is 31.2 Å². The van der Waals surface area contributed by atoms with E-state index >= 15 is 0 Å². The van der Waals surface area contributed by atoms with Crippen molar-refractivity contribution in [2.75, 3.05) is 0 Å². The molecule has 0 spiro atoms. The smallest absolute Gasteiger partial charge is 0.125 e. The van der Waals surface area contributed by atoms with Crippen LogP contribution in [-0.4, -0.2) is 11.2 Å². The van der Waals surface area contributed by atoms with E-state index in [9.17, 15) is 5.11 Å². The summed E-state index contributed by atoms with van der Waals surface area (Å²) in [6.07, 6.45) is 0.680. The minimum atomic E-state index is -0.477. The van der Waals surface area contributed by atoms with Crippen LogP contribution in [0.25, 0.3) is 0 Å². The van der Waals surface area contributed by atoms with Gasteiger partial charge in [0.2, 0.25) is 0 Å². The third kappa shape index (κ3) is 2.74. The first-order valence-electron chi connectivity index (χ1n) is 5.08. The first-order chi connectivity index (χ1) is 6.65. The second-order valence-electron chi connectivity index (χ2n) is 3.55. The van der Waals surface area contributed by atoms with Gasteiger partial charge in [0.1, 0.15) is 5.75 Å². The number of aliphatic hydroxyl groups is 1. The highest BCUT2D eigenvalue weighted by atomic mass is 16.5. The third-order valence-electron chi connectivity index (χ3n) is 2.27. The van der Waals surface area contributed by atoms with Crippen molar-refractivity contribution in [3.63, 3.8) is 0 Å².